The first kappa shape index (κ1) is 15.5. The number of aromatic nitrogens is 4. The quantitative estimate of drug-likeness (QED) is 0.445. The lowest BCUT2D eigenvalue weighted by Gasteiger charge is -2.04. The number of ether oxygens (including phenoxy) is 1. The van der Waals surface area contributed by atoms with E-state index >= 15 is 0 Å². The third-order valence-electron chi connectivity index (χ3n) is 4.59. The van der Waals surface area contributed by atoms with Crippen molar-refractivity contribution < 1.29 is 9.84 Å². The Labute approximate surface area is 154 Å². The molecule has 0 saturated carbocycles. The van der Waals surface area contributed by atoms with Crippen LogP contribution in [-0.4, -0.2) is 32.2 Å². The van der Waals surface area contributed by atoms with Crippen LogP contribution in [0.5, 0.6) is 11.5 Å². The lowest BCUT2D eigenvalue weighted by atomic mass is 10.1. The molecule has 0 amide bonds. The van der Waals surface area contributed by atoms with Gasteiger partial charge < -0.3 is 19.8 Å². The first-order valence-electron chi connectivity index (χ1n) is 8.53. The summed E-state index contributed by atoms with van der Waals surface area (Å²) in [5, 5.41) is 9.69. The highest BCUT2D eigenvalue weighted by atomic mass is 16.5. The maximum Gasteiger partial charge on any atom is 0.139 e. The van der Waals surface area contributed by atoms with Crippen molar-refractivity contribution in [2.24, 2.45) is 0 Å². The van der Waals surface area contributed by atoms with Gasteiger partial charge in [0.25, 0.3) is 0 Å². The van der Waals surface area contributed by atoms with Crippen LogP contribution >= 0.6 is 0 Å². The molecule has 2 heterocycles. The zero-order valence-electron chi connectivity index (χ0n) is 14.5. The van der Waals surface area contributed by atoms with E-state index < -0.39 is 0 Å². The van der Waals surface area contributed by atoms with Crippen molar-refractivity contribution in [3.8, 4) is 34.3 Å². The number of hydrogen-bond donors (Lipinski definition) is 3. The molecule has 0 bridgehead atoms. The van der Waals surface area contributed by atoms with E-state index in [1.165, 1.54) is 0 Å². The summed E-state index contributed by atoms with van der Waals surface area (Å²) in [4.78, 5) is 16.0. The van der Waals surface area contributed by atoms with Crippen LogP contribution in [0, 0.1) is 0 Å². The monoisotopic (exact) mass is 356 g/mol. The molecule has 0 aliphatic heterocycles. The number of rotatable bonds is 3. The number of hydrogen-bond acceptors (Lipinski definition) is 4. The second-order valence-corrected chi connectivity index (χ2v) is 6.30. The summed E-state index contributed by atoms with van der Waals surface area (Å²) in [6.07, 6.45) is 0. The number of nitrogens with one attached hydrogen (secondary N) is 2. The van der Waals surface area contributed by atoms with Gasteiger partial charge in [-0.15, -0.1) is 0 Å². The van der Waals surface area contributed by atoms with Gasteiger partial charge in [-0.2, -0.15) is 0 Å². The highest BCUT2D eigenvalue weighted by molar-refractivity contribution is 5.87. The van der Waals surface area contributed by atoms with Crippen LogP contribution in [0.25, 0.3) is 44.8 Å². The summed E-state index contributed by atoms with van der Waals surface area (Å²) in [7, 11) is 1.65. The van der Waals surface area contributed by atoms with Crippen LogP contribution in [0.4, 0.5) is 0 Å². The number of aromatic hydroxyl groups is 1. The number of phenols is 1. The molecule has 0 saturated heterocycles. The topological polar surface area (TPSA) is 86.8 Å². The summed E-state index contributed by atoms with van der Waals surface area (Å²) in [5.74, 6) is 2.47. The number of phenolic OH excluding ortho intramolecular Hbond substituents is 1. The standard InChI is InChI=1S/C21H16N4O2/c1-27-13-7-9-17-19(11-13)25-21(23-17)15-5-3-2-4-14(15)20-22-16-8-6-12(26)10-18(16)24-20/h2-11,26H,1H3,(H,22,24)(H,23,25). The van der Waals surface area contributed by atoms with E-state index in [4.69, 9.17) is 9.72 Å². The number of nitrogens with zero attached hydrogens (tertiary/aromatic N) is 2. The summed E-state index contributed by atoms with van der Waals surface area (Å²) in [5.41, 5.74) is 5.24. The number of methoxy groups -OCH3 is 1. The Morgan fingerprint density at radius 2 is 1.37 bits per heavy atom. The molecular formula is C21H16N4O2. The minimum atomic E-state index is 0.206. The molecule has 6 heteroatoms. The highest BCUT2D eigenvalue weighted by Crippen LogP contribution is 2.32. The van der Waals surface area contributed by atoms with Gasteiger partial charge in [0.1, 0.15) is 23.1 Å². The van der Waals surface area contributed by atoms with Gasteiger partial charge in [0, 0.05) is 23.3 Å². The fourth-order valence-electron chi connectivity index (χ4n) is 3.26. The van der Waals surface area contributed by atoms with Gasteiger partial charge in [0.2, 0.25) is 0 Å². The van der Waals surface area contributed by atoms with Gasteiger partial charge >= 0.3 is 0 Å². The van der Waals surface area contributed by atoms with Crippen molar-refractivity contribution in [3.05, 3.63) is 60.7 Å². The molecule has 0 atom stereocenters. The van der Waals surface area contributed by atoms with Gasteiger partial charge in [0.05, 0.1) is 29.2 Å². The van der Waals surface area contributed by atoms with Crippen LogP contribution in [0.2, 0.25) is 0 Å². The number of aromatic amines is 2. The van der Waals surface area contributed by atoms with E-state index in [1.807, 2.05) is 42.5 Å². The molecule has 0 fully saturated rings. The van der Waals surface area contributed by atoms with Crippen LogP contribution < -0.4 is 4.74 Å². The van der Waals surface area contributed by atoms with Crippen LogP contribution in [0.15, 0.2) is 60.7 Å². The molecular weight excluding hydrogens is 340 g/mol. The molecule has 27 heavy (non-hydrogen) atoms. The third kappa shape index (κ3) is 2.58. The van der Waals surface area contributed by atoms with Crippen molar-refractivity contribution >= 4 is 22.1 Å². The molecule has 5 rings (SSSR count). The predicted molar refractivity (Wildman–Crippen MR) is 105 cm³/mol. The molecule has 5 aromatic rings. The van der Waals surface area contributed by atoms with Crippen molar-refractivity contribution in [2.45, 2.75) is 0 Å². The summed E-state index contributed by atoms with van der Waals surface area (Å²) >= 11 is 0. The molecule has 2 aromatic heterocycles. The molecule has 0 unspecified atom stereocenters. The lowest BCUT2D eigenvalue weighted by Crippen LogP contribution is -1.88. The maximum atomic E-state index is 9.69. The Morgan fingerprint density at radius 1 is 0.778 bits per heavy atom. The molecule has 0 spiro atoms. The van der Waals surface area contributed by atoms with E-state index in [-0.39, 0.29) is 5.75 Å². The molecule has 0 aliphatic carbocycles. The smallest absolute Gasteiger partial charge is 0.139 e. The Morgan fingerprint density at radius 3 is 2.00 bits per heavy atom. The Balaban J connectivity index is 1.67. The predicted octanol–water partition coefficient (Wildman–Crippen LogP) is 4.49. The summed E-state index contributed by atoms with van der Waals surface area (Å²) < 4.78 is 5.29. The SMILES string of the molecule is COc1ccc2nc(-c3ccccc3-c3nc4ccc(O)cc4[nH]3)[nH]c2c1. The molecule has 3 aromatic carbocycles. The van der Waals surface area contributed by atoms with Gasteiger partial charge in [-0.1, -0.05) is 24.3 Å². The van der Waals surface area contributed by atoms with Gasteiger partial charge in [0.15, 0.2) is 0 Å². The fraction of sp³-hybridized carbons (Fsp3) is 0.0476. The highest BCUT2D eigenvalue weighted by Gasteiger charge is 2.14. The van der Waals surface area contributed by atoms with Crippen molar-refractivity contribution in [3.63, 3.8) is 0 Å². The molecule has 6 nitrogen and oxygen atoms in total. The van der Waals surface area contributed by atoms with E-state index in [0.29, 0.717) is 0 Å². The normalized spacial score (nSPS) is 11.3. The largest absolute Gasteiger partial charge is 0.508 e. The van der Waals surface area contributed by atoms with E-state index in [9.17, 15) is 5.11 Å². The van der Waals surface area contributed by atoms with E-state index in [2.05, 4.69) is 15.0 Å². The van der Waals surface area contributed by atoms with E-state index in [0.717, 1.165) is 50.6 Å². The number of fused-ring (bicyclic) bond motifs is 2. The van der Waals surface area contributed by atoms with Crippen molar-refractivity contribution in [1.29, 1.82) is 0 Å². The van der Waals surface area contributed by atoms with Crippen LogP contribution in [0.1, 0.15) is 0 Å². The minimum absolute atomic E-state index is 0.206. The second kappa shape index (κ2) is 5.88. The number of benzene rings is 3. The average molecular weight is 356 g/mol. The first-order chi connectivity index (χ1) is 13.2. The fourth-order valence-corrected chi connectivity index (χ4v) is 3.26. The zero-order valence-corrected chi connectivity index (χ0v) is 14.5. The molecule has 3 N–H and O–H groups in total. The lowest BCUT2D eigenvalue weighted by molar-refractivity contribution is 0.415. The van der Waals surface area contributed by atoms with Gasteiger partial charge in [-0.3, -0.25) is 0 Å². The minimum Gasteiger partial charge on any atom is -0.508 e. The summed E-state index contributed by atoms with van der Waals surface area (Å²) in [6, 6.07) is 18.8. The Bertz CT molecular complexity index is 1290. The maximum absolute atomic E-state index is 9.69. The van der Waals surface area contributed by atoms with Crippen molar-refractivity contribution in [2.75, 3.05) is 7.11 Å². The Hall–Kier alpha value is -3.80. The molecule has 132 valence electrons. The van der Waals surface area contributed by atoms with E-state index in [1.54, 1.807) is 25.3 Å². The van der Waals surface area contributed by atoms with Gasteiger partial charge in [-0.05, 0) is 24.3 Å². The number of H-pyrrole nitrogens is 2. The summed E-state index contributed by atoms with van der Waals surface area (Å²) in [6.45, 7) is 0. The Kier molecular flexibility index (Phi) is 3.36. The number of imidazole rings is 2. The average Bonchev–Trinajstić information content (AvgIpc) is 3.30. The zero-order chi connectivity index (χ0) is 18.4. The molecule has 0 radical (unpaired) electrons. The van der Waals surface area contributed by atoms with Gasteiger partial charge in [-0.25, -0.2) is 9.97 Å². The molecule has 0 aliphatic rings. The third-order valence-corrected chi connectivity index (χ3v) is 4.59. The first-order valence-corrected chi connectivity index (χ1v) is 8.53. The van der Waals surface area contributed by atoms with Crippen molar-refractivity contribution in [1.82, 2.24) is 19.9 Å². The second-order valence-electron chi connectivity index (χ2n) is 6.30. The van der Waals surface area contributed by atoms with Crippen LogP contribution in [-0.2, 0) is 0 Å². The van der Waals surface area contributed by atoms with Crippen LogP contribution in [0.3, 0.4) is 0 Å².